The Balaban J connectivity index is 3.79. The van der Waals surface area contributed by atoms with Gasteiger partial charge in [0.2, 0.25) is 5.91 Å². The summed E-state index contributed by atoms with van der Waals surface area (Å²) < 4.78 is 0. The molecule has 286 valence electrons. The maximum Gasteiger partial charge on any atom is 0.222 e. The molecule has 0 saturated carbocycles. The fourth-order valence-corrected chi connectivity index (χ4v) is 6.07. The highest BCUT2D eigenvalue weighted by Crippen LogP contribution is 2.13. The van der Waals surface area contributed by atoms with Crippen molar-refractivity contribution in [3.63, 3.8) is 0 Å². The average molecular weight is 688 g/mol. The molecule has 49 heavy (non-hydrogen) atoms. The molecular formula is C44H81NO4. The van der Waals surface area contributed by atoms with E-state index in [9.17, 15) is 20.1 Å². The van der Waals surface area contributed by atoms with Crippen LogP contribution in [-0.4, -0.2) is 46.1 Å². The van der Waals surface area contributed by atoms with Crippen molar-refractivity contribution in [2.24, 2.45) is 0 Å². The first-order valence-electron chi connectivity index (χ1n) is 20.9. The minimum absolute atomic E-state index is 0.00439. The van der Waals surface area contributed by atoms with Crippen LogP contribution in [0.2, 0.25) is 0 Å². The van der Waals surface area contributed by atoms with E-state index in [0.717, 1.165) is 51.4 Å². The lowest BCUT2D eigenvalue weighted by Crippen LogP contribution is -2.45. The molecule has 0 aromatic carbocycles. The molecule has 0 aliphatic rings. The second-order valence-corrected chi connectivity index (χ2v) is 14.2. The molecule has 1 amide bonds. The normalized spacial score (nSPS) is 14.1. The summed E-state index contributed by atoms with van der Waals surface area (Å²) in [4.78, 5) is 12.4. The first-order valence-corrected chi connectivity index (χ1v) is 20.9. The van der Waals surface area contributed by atoms with Crippen LogP contribution in [0.5, 0.6) is 0 Å². The van der Waals surface area contributed by atoms with Crippen LogP contribution in [0, 0.1) is 0 Å². The van der Waals surface area contributed by atoms with Gasteiger partial charge in [-0.2, -0.15) is 0 Å². The van der Waals surface area contributed by atoms with Gasteiger partial charge in [-0.15, -0.1) is 0 Å². The average Bonchev–Trinajstić information content (AvgIpc) is 3.09. The van der Waals surface area contributed by atoms with Gasteiger partial charge in [-0.3, -0.25) is 4.79 Å². The van der Waals surface area contributed by atoms with Crippen LogP contribution < -0.4 is 5.32 Å². The second-order valence-electron chi connectivity index (χ2n) is 14.2. The highest BCUT2D eigenvalue weighted by molar-refractivity contribution is 5.76. The molecule has 0 radical (unpaired) electrons. The van der Waals surface area contributed by atoms with Gasteiger partial charge in [-0.1, -0.05) is 172 Å². The van der Waals surface area contributed by atoms with E-state index < -0.39 is 18.2 Å². The van der Waals surface area contributed by atoms with Gasteiger partial charge in [0.15, 0.2) is 0 Å². The zero-order chi connectivity index (χ0) is 35.9. The lowest BCUT2D eigenvalue weighted by molar-refractivity contribution is -0.124. The SMILES string of the molecule is CCCCCCCC/C=C\CCCCCCCC(O)CC(=O)NC(CO)C(O)/C=C/CC/C=C/CC/C=C/CCCCCCCCCCC. The highest BCUT2D eigenvalue weighted by Gasteiger charge is 2.20. The number of aliphatic hydroxyl groups is 3. The van der Waals surface area contributed by atoms with Gasteiger partial charge >= 0.3 is 0 Å². The summed E-state index contributed by atoms with van der Waals surface area (Å²) in [6.45, 7) is 4.18. The predicted molar refractivity (Wildman–Crippen MR) is 213 cm³/mol. The van der Waals surface area contributed by atoms with Crippen LogP contribution in [0.1, 0.15) is 200 Å². The van der Waals surface area contributed by atoms with Crippen LogP contribution in [0.15, 0.2) is 48.6 Å². The van der Waals surface area contributed by atoms with E-state index in [1.165, 1.54) is 122 Å². The van der Waals surface area contributed by atoms with Crippen molar-refractivity contribution in [2.75, 3.05) is 6.61 Å². The molecule has 3 atom stereocenters. The Morgan fingerprint density at radius 3 is 1.31 bits per heavy atom. The quantitative estimate of drug-likeness (QED) is 0.0386. The number of carbonyl (C=O) groups is 1. The lowest BCUT2D eigenvalue weighted by atomic mass is 10.0. The lowest BCUT2D eigenvalue weighted by Gasteiger charge is -2.20. The summed E-state index contributed by atoms with van der Waals surface area (Å²) in [5.74, 6) is -0.336. The van der Waals surface area contributed by atoms with E-state index in [0.29, 0.717) is 6.42 Å². The van der Waals surface area contributed by atoms with Crippen LogP contribution in [-0.2, 0) is 4.79 Å². The van der Waals surface area contributed by atoms with Crippen molar-refractivity contribution in [1.29, 1.82) is 0 Å². The fourth-order valence-electron chi connectivity index (χ4n) is 6.07. The standard InChI is InChI=1S/C44H81NO4/c1-3-5-7-9-11-13-15-17-19-20-21-22-24-26-28-30-32-34-36-38-43(48)42(40-46)45-44(49)39-41(47)37-35-33-31-29-27-25-23-18-16-14-12-10-8-6-4-2/h18,21-23,28,30,36,38,41-43,46-48H,3-17,19-20,24-27,29,31-35,37,39-40H2,1-2H3,(H,45,49)/b22-21+,23-18-,30-28+,38-36+. The van der Waals surface area contributed by atoms with Crippen molar-refractivity contribution in [2.45, 2.75) is 218 Å². The molecule has 0 bridgehead atoms. The molecule has 0 aromatic rings. The number of hydrogen-bond acceptors (Lipinski definition) is 4. The summed E-state index contributed by atoms with van der Waals surface area (Å²) in [5.41, 5.74) is 0. The number of nitrogens with one attached hydrogen (secondary N) is 1. The first-order chi connectivity index (χ1) is 24.0. The van der Waals surface area contributed by atoms with Crippen molar-refractivity contribution in [3.8, 4) is 0 Å². The molecule has 0 saturated heterocycles. The van der Waals surface area contributed by atoms with Crippen molar-refractivity contribution in [1.82, 2.24) is 5.32 Å². The largest absolute Gasteiger partial charge is 0.394 e. The van der Waals surface area contributed by atoms with Gasteiger partial charge in [-0.25, -0.2) is 0 Å². The van der Waals surface area contributed by atoms with Gasteiger partial charge in [-0.05, 0) is 70.6 Å². The number of unbranched alkanes of at least 4 members (excludes halogenated alkanes) is 22. The van der Waals surface area contributed by atoms with Crippen LogP contribution >= 0.6 is 0 Å². The number of allylic oxidation sites excluding steroid dienone is 7. The van der Waals surface area contributed by atoms with Gasteiger partial charge in [0, 0.05) is 0 Å². The Hall–Kier alpha value is -1.69. The third-order valence-electron chi connectivity index (χ3n) is 9.32. The molecule has 4 N–H and O–H groups in total. The van der Waals surface area contributed by atoms with E-state index in [-0.39, 0.29) is 18.9 Å². The van der Waals surface area contributed by atoms with Gasteiger partial charge in [0.25, 0.3) is 0 Å². The Morgan fingerprint density at radius 1 is 0.510 bits per heavy atom. The highest BCUT2D eigenvalue weighted by atomic mass is 16.3. The summed E-state index contributed by atoms with van der Waals surface area (Å²) in [6, 6.07) is -0.770. The van der Waals surface area contributed by atoms with E-state index in [2.05, 4.69) is 55.6 Å². The summed E-state index contributed by atoms with van der Waals surface area (Å²) in [5, 5.41) is 33.1. The predicted octanol–water partition coefficient (Wildman–Crippen LogP) is 11.8. The number of amides is 1. The molecule has 0 aliphatic heterocycles. The Morgan fingerprint density at radius 2 is 0.878 bits per heavy atom. The Labute approximate surface area is 304 Å². The molecule has 0 heterocycles. The Bertz CT molecular complexity index is 805. The second kappa shape index (κ2) is 39.1. The zero-order valence-electron chi connectivity index (χ0n) is 32.3. The molecule has 0 aromatic heterocycles. The number of carbonyl (C=O) groups excluding carboxylic acids is 1. The van der Waals surface area contributed by atoms with Crippen molar-refractivity contribution >= 4 is 5.91 Å². The van der Waals surface area contributed by atoms with E-state index in [4.69, 9.17) is 0 Å². The molecule has 5 heteroatoms. The van der Waals surface area contributed by atoms with Gasteiger partial charge in [0.1, 0.15) is 0 Å². The van der Waals surface area contributed by atoms with Crippen LogP contribution in [0.25, 0.3) is 0 Å². The van der Waals surface area contributed by atoms with Crippen molar-refractivity contribution < 1.29 is 20.1 Å². The zero-order valence-corrected chi connectivity index (χ0v) is 32.3. The monoisotopic (exact) mass is 688 g/mol. The fraction of sp³-hybridized carbons (Fsp3) is 0.795. The molecule has 5 nitrogen and oxygen atoms in total. The molecule has 0 rings (SSSR count). The van der Waals surface area contributed by atoms with Crippen LogP contribution in [0.3, 0.4) is 0 Å². The maximum absolute atomic E-state index is 12.4. The molecule has 0 aliphatic carbocycles. The minimum Gasteiger partial charge on any atom is -0.394 e. The molecule has 0 fully saturated rings. The smallest absolute Gasteiger partial charge is 0.222 e. The van der Waals surface area contributed by atoms with E-state index in [1.54, 1.807) is 6.08 Å². The number of aliphatic hydroxyl groups excluding tert-OH is 3. The molecular weight excluding hydrogens is 606 g/mol. The summed E-state index contributed by atoms with van der Waals surface area (Å²) in [7, 11) is 0. The van der Waals surface area contributed by atoms with Gasteiger partial charge in [0.05, 0.1) is 31.3 Å². The van der Waals surface area contributed by atoms with E-state index >= 15 is 0 Å². The number of hydrogen-bond donors (Lipinski definition) is 4. The minimum atomic E-state index is -0.962. The van der Waals surface area contributed by atoms with E-state index in [1.807, 2.05) is 6.08 Å². The van der Waals surface area contributed by atoms with Crippen molar-refractivity contribution in [3.05, 3.63) is 48.6 Å². The molecule has 0 spiro atoms. The topological polar surface area (TPSA) is 89.8 Å². The third-order valence-corrected chi connectivity index (χ3v) is 9.32. The summed E-state index contributed by atoms with van der Waals surface area (Å²) in [6.07, 6.45) is 49.6. The first kappa shape index (κ1) is 47.3. The van der Waals surface area contributed by atoms with Gasteiger partial charge < -0.3 is 20.6 Å². The molecule has 3 unspecified atom stereocenters. The third kappa shape index (κ3) is 35.9. The summed E-state index contributed by atoms with van der Waals surface area (Å²) >= 11 is 0. The number of rotatable bonds is 37. The van der Waals surface area contributed by atoms with Crippen LogP contribution in [0.4, 0.5) is 0 Å². The maximum atomic E-state index is 12.4. The Kier molecular flexibility index (Phi) is 37.8.